The normalized spacial score (nSPS) is 10.8. The SMILES string of the molecule is O=Cc1c(-c2cccc(F)c2F)nn(-c2ccccc2F)c1Br. The number of rotatable bonds is 3. The Balaban J connectivity index is 2.28. The number of aromatic nitrogens is 2. The molecule has 0 bridgehead atoms. The number of aldehydes is 1. The van der Waals surface area contributed by atoms with Crippen molar-refractivity contribution in [3.63, 3.8) is 0 Å². The molecular weight excluding hydrogens is 373 g/mol. The van der Waals surface area contributed by atoms with E-state index in [1.165, 1.54) is 30.3 Å². The lowest BCUT2D eigenvalue weighted by atomic mass is 10.1. The van der Waals surface area contributed by atoms with E-state index in [0.29, 0.717) is 6.29 Å². The fourth-order valence-electron chi connectivity index (χ4n) is 2.18. The summed E-state index contributed by atoms with van der Waals surface area (Å²) in [5.74, 6) is -2.75. The first-order valence-corrected chi connectivity index (χ1v) is 7.27. The van der Waals surface area contributed by atoms with Crippen molar-refractivity contribution >= 4 is 22.2 Å². The van der Waals surface area contributed by atoms with Gasteiger partial charge in [-0.05, 0) is 40.2 Å². The summed E-state index contributed by atoms with van der Waals surface area (Å²) in [4.78, 5) is 11.4. The Hall–Kier alpha value is -2.41. The molecule has 0 amide bonds. The largest absolute Gasteiger partial charge is 0.298 e. The van der Waals surface area contributed by atoms with E-state index >= 15 is 0 Å². The number of benzene rings is 2. The summed E-state index contributed by atoms with van der Waals surface area (Å²) in [7, 11) is 0. The van der Waals surface area contributed by atoms with Crippen LogP contribution in [-0.4, -0.2) is 16.1 Å². The molecule has 0 unspecified atom stereocenters. The highest BCUT2D eigenvalue weighted by atomic mass is 79.9. The maximum absolute atomic E-state index is 14.0. The molecule has 0 aliphatic rings. The minimum absolute atomic E-state index is 0.00208. The molecule has 0 fully saturated rings. The Bertz CT molecular complexity index is 908. The molecule has 0 radical (unpaired) electrons. The molecule has 0 saturated carbocycles. The van der Waals surface area contributed by atoms with Crippen molar-refractivity contribution in [3.05, 3.63) is 70.1 Å². The maximum atomic E-state index is 14.0. The minimum atomic E-state index is -1.12. The molecule has 0 atom stereocenters. The van der Waals surface area contributed by atoms with Gasteiger partial charge in [0.15, 0.2) is 17.9 Å². The van der Waals surface area contributed by atoms with E-state index in [1.54, 1.807) is 6.07 Å². The van der Waals surface area contributed by atoms with Gasteiger partial charge in [0, 0.05) is 5.56 Å². The van der Waals surface area contributed by atoms with Crippen LogP contribution >= 0.6 is 15.9 Å². The van der Waals surface area contributed by atoms with Gasteiger partial charge < -0.3 is 0 Å². The molecule has 1 heterocycles. The number of nitrogens with zero attached hydrogens (tertiary/aromatic N) is 2. The monoisotopic (exact) mass is 380 g/mol. The molecule has 7 heteroatoms. The second kappa shape index (κ2) is 6.00. The molecule has 2 aromatic carbocycles. The van der Waals surface area contributed by atoms with Crippen LogP contribution in [0.15, 0.2) is 47.1 Å². The molecule has 3 rings (SSSR count). The summed E-state index contributed by atoms with van der Waals surface area (Å²) in [6, 6.07) is 9.34. The highest BCUT2D eigenvalue weighted by Crippen LogP contribution is 2.32. The van der Waals surface area contributed by atoms with E-state index in [1.807, 2.05) is 0 Å². The van der Waals surface area contributed by atoms with Gasteiger partial charge in [0.2, 0.25) is 0 Å². The zero-order chi connectivity index (χ0) is 16.6. The molecular formula is C16H8BrF3N2O. The number of hydrogen-bond acceptors (Lipinski definition) is 2. The van der Waals surface area contributed by atoms with E-state index in [9.17, 15) is 18.0 Å². The van der Waals surface area contributed by atoms with Gasteiger partial charge in [0.25, 0.3) is 0 Å². The van der Waals surface area contributed by atoms with Crippen molar-refractivity contribution in [2.24, 2.45) is 0 Å². The first-order valence-electron chi connectivity index (χ1n) is 6.47. The minimum Gasteiger partial charge on any atom is -0.298 e. The van der Waals surface area contributed by atoms with Crippen molar-refractivity contribution in [2.75, 3.05) is 0 Å². The summed E-state index contributed by atoms with van der Waals surface area (Å²) >= 11 is 3.16. The third-order valence-corrected chi connectivity index (χ3v) is 4.03. The third kappa shape index (κ3) is 2.57. The van der Waals surface area contributed by atoms with Crippen LogP contribution in [0.2, 0.25) is 0 Å². The quantitative estimate of drug-likeness (QED) is 0.625. The zero-order valence-electron chi connectivity index (χ0n) is 11.4. The summed E-state index contributed by atoms with van der Waals surface area (Å²) in [6.45, 7) is 0. The van der Waals surface area contributed by atoms with Crippen LogP contribution in [0.1, 0.15) is 10.4 Å². The first kappa shape index (κ1) is 15.5. The fourth-order valence-corrected chi connectivity index (χ4v) is 2.73. The lowest BCUT2D eigenvalue weighted by Crippen LogP contribution is -2.00. The van der Waals surface area contributed by atoms with Crippen LogP contribution in [0.25, 0.3) is 16.9 Å². The van der Waals surface area contributed by atoms with Crippen molar-refractivity contribution in [2.45, 2.75) is 0 Å². The molecule has 3 aromatic rings. The lowest BCUT2D eigenvalue weighted by molar-refractivity contribution is 0.112. The van der Waals surface area contributed by atoms with Crippen LogP contribution in [-0.2, 0) is 0 Å². The second-order valence-electron chi connectivity index (χ2n) is 4.64. The van der Waals surface area contributed by atoms with Crippen molar-refractivity contribution in [3.8, 4) is 16.9 Å². The van der Waals surface area contributed by atoms with Crippen LogP contribution in [0.5, 0.6) is 0 Å². The summed E-state index contributed by atoms with van der Waals surface area (Å²) < 4.78 is 42.6. The average Bonchev–Trinajstić information content (AvgIpc) is 2.87. The van der Waals surface area contributed by atoms with Crippen LogP contribution < -0.4 is 0 Å². The number of halogens is 4. The smallest absolute Gasteiger partial charge is 0.168 e. The van der Waals surface area contributed by atoms with Crippen LogP contribution in [0.4, 0.5) is 13.2 Å². The molecule has 1 aromatic heterocycles. The average molecular weight is 381 g/mol. The molecule has 3 nitrogen and oxygen atoms in total. The topological polar surface area (TPSA) is 34.9 Å². The van der Waals surface area contributed by atoms with Gasteiger partial charge in [-0.2, -0.15) is 5.10 Å². The predicted molar refractivity (Wildman–Crippen MR) is 82.0 cm³/mol. The molecule has 0 aliphatic carbocycles. The van der Waals surface area contributed by atoms with Gasteiger partial charge in [0.1, 0.15) is 21.8 Å². The Labute approximate surface area is 137 Å². The number of hydrogen-bond donors (Lipinski definition) is 0. The highest BCUT2D eigenvalue weighted by Gasteiger charge is 2.22. The van der Waals surface area contributed by atoms with Gasteiger partial charge in [-0.15, -0.1) is 0 Å². The Morgan fingerprint density at radius 3 is 2.39 bits per heavy atom. The van der Waals surface area contributed by atoms with Gasteiger partial charge in [0.05, 0.1) is 5.56 Å². The van der Waals surface area contributed by atoms with E-state index in [-0.39, 0.29) is 27.1 Å². The lowest BCUT2D eigenvalue weighted by Gasteiger charge is -2.04. The number of para-hydroxylation sites is 1. The summed E-state index contributed by atoms with van der Waals surface area (Å²) in [5.41, 5.74) is -0.182. The summed E-state index contributed by atoms with van der Waals surface area (Å²) in [6.07, 6.45) is 0.452. The van der Waals surface area contributed by atoms with Crippen LogP contribution in [0.3, 0.4) is 0 Å². The second-order valence-corrected chi connectivity index (χ2v) is 5.39. The first-order chi connectivity index (χ1) is 11.0. The Morgan fingerprint density at radius 2 is 1.70 bits per heavy atom. The van der Waals surface area contributed by atoms with Gasteiger partial charge in [-0.1, -0.05) is 18.2 Å². The highest BCUT2D eigenvalue weighted by molar-refractivity contribution is 9.10. The third-order valence-electron chi connectivity index (χ3n) is 3.27. The van der Waals surface area contributed by atoms with Gasteiger partial charge >= 0.3 is 0 Å². The molecule has 0 saturated heterocycles. The van der Waals surface area contributed by atoms with Crippen molar-refractivity contribution < 1.29 is 18.0 Å². The standard InChI is InChI=1S/C16H8BrF3N2O/c17-16-10(8-23)15(9-4-3-6-12(19)14(9)20)21-22(16)13-7-2-1-5-11(13)18/h1-8H. The number of carbonyl (C=O) groups is 1. The number of carbonyl (C=O) groups excluding carboxylic acids is 1. The molecule has 0 N–H and O–H groups in total. The Kier molecular flexibility index (Phi) is 4.04. The van der Waals surface area contributed by atoms with E-state index < -0.39 is 17.5 Å². The van der Waals surface area contributed by atoms with Crippen molar-refractivity contribution in [1.29, 1.82) is 0 Å². The zero-order valence-corrected chi connectivity index (χ0v) is 13.0. The van der Waals surface area contributed by atoms with E-state index in [0.717, 1.165) is 10.7 Å². The maximum Gasteiger partial charge on any atom is 0.168 e. The summed E-state index contributed by atoms with van der Waals surface area (Å²) in [5, 5.41) is 4.08. The van der Waals surface area contributed by atoms with Gasteiger partial charge in [-0.25, -0.2) is 17.9 Å². The Morgan fingerprint density at radius 1 is 1.00 bits per heavy atom. The molecule has 23 heavy (non-hydrogen) atoms. The fraction of sp³-hybridized carbons (Fsp3) is 0. The molecule has 0 aliphatic heterocycles. The predicted octanol–water partition coefficient (Wildman–Crippen LogP) is 4.53. The van der Waals surface area contributed by atoms with E-state index in [2.05, 4.69) is 21.0 Å². The molecule has 116 valence electrons. The van der Waals surface area contributed by atoms with E-state index in [4.69, 9.17) is 0 Å². The molecule has 0 spiro atoms. The van der Waals surface area contributed by atoms with Crippen molar-refractivity contribution in [1.82, 2.24) is 9.78 Å². The van der Waals surface area contributed by atoms with Gasteiger partial charge in [-0.3, -0.25) is 4.79 Å². The van der Waals surface area contributed by atoms with Crippen LogP contribution in [0, 0.1) is 17.5 Å².